The first-order valence-electron chi connectivity index (χ1n) is 9.33. The standard InChI is InChI=1S/C19H34N4O2/c1-5-11-25-18-9-8-17(13-22-18)14-23-19(20-6-2)21-10-7-12-24-15-16(3)4/h8-9,13,16H,5-7,10-12,14-15H2,1-4H3,(H2,20,21,23). The molecule has 0 spiro atoms. The summed E-state index contributed by atoms with van der Waals surface area (Å²) in [5.74, 6) is 2.07. The number of aliphatic imine (C=N–C) groups is 1. The zero-order chi connectivity index (χ0) is 18.3. The lowest BCUT2D eigenvalue weighted by Crippen LogP contribution is -2.38. The predicted octanol–water partition coefficient (Wildman–Crippen LogP) is 2.99. The fourth-order valence-corrected chi connectivity index (χ4v) is 2.01. The predicted molar refractivity (Wildman–Crippen MR) is 103 cm³/mol. The topological polar surface area (TPSA) is 67.8 Å². The Labute approximate surface area is 152 Å². The normalized spacial score (nSPS) is 11.6. The summed E-state index contributed by atoms with van der Waals surface area (Å²) < 4.78 is 11.1. The molecule has 0 fully saturated rings. The zero-order valence-corrected chi connectivity index (χ0v) is 16.2. The van der Waals surface area contributed by atoms with Crippen molar-refractivity contribution < 1.29 is 9.47 Å². The van der Waals surface area contributed by atoms with Crippen LogP contribution in [0.1, 0.15) is 46.1 Å². The van der Waals surface area contributed by atoms with Crippen molar-refractivity contribution in [2.45, 2.75) is 47.1 Å². The maximum absolute atomic E-state index is 5.58. The van der Waals surface area contributed by atoms with Crippen molar-refractivity contribution in [2.24, 2.45) is 10.9 Å². The Bertz CT molecular complexity index is 475. The number of rotatable bonds is 12. The molecule has 0 aromatic carbocycles. The molecular weight excluding hydrogens is 316 g/mol. The number of aromatic nitrogens is 1. The Morgan fingerprint density at radius 1 is 1.20 bits per heavy atom. The highest BCUT2D eigenvalue weighted by molar-refractivity contribution is 5.79. The van der Waals surface area contributed by atoms with Gasteiger partial charge < -0.3 is 20.1 Å². The van der Waals surface area contributed by atoms with Gasteiger partial charge in [-0.05, 0) is 31.2 Å². The highest BCUT2D eigenvalue weighted by Crippen LogP contribution is 2.08. The number of guanidine groups is 1. The van der Waals surface area contributed by atoms with Gasteiger partial charge in [0.1, 0.15) is 0 Å². The summed E-state index contributed by atoms with van der Waals surface area (Å²) in [6.45, 7) is 13.0. The van der Waals surface area contributed by atoms with Crippen LogP contribution in [0.5, 0.6) is 5.88 Å². The van der Waals surface area contributed by atoms with Gasteiger partial charge in [0, 0.05) is 38.6 Å². The van der Waals surface area contributed by atoms with E-state index >= 15 is 0 Å². The van der Waals surface area contributed by atoms with Crippen LogP contribution in [0.4, 0.5) is 0 Å². The first-order chi connectivity index (χ1) is 12.2. The SMILES string of the molecule is CCCOc1ccc(CN=C(NCC)NCCCOCC(C)C)cn1. The zero-order valence-electron chi connectivity index (χ0n) is 16.2. The minimum atomic E-state index is 0.583. The molecule has 2 N–H and O–H groups in total. The lowest BCUT2D eigenvalue weighted by Gasteiger charge is -2.12. The van der Waals surface area contributed by atoms with E-state index in [0.29, 0.717) is 24.9 Å². The van der Waals surface area contributed by atoms with Gasteiger partial charge in [-0.3, -0.25) is 0 Å². The Kier molecular flexibility index (Phi) is 11.4. The molecule has 142 valence electrons. The van der Waals surface area contributed by atoms with Crippen LogP contribution in [0.2, 0.25) is 0 Å². The van der Waals surface area contributed by atoms with Gasteiger partial charge in [0.25, 0.3) is 0 Å². The molecule has 1 rings (SSSR count). The molecule has 0 saturated heterocycles. The van der Waals surface area contributed by atoms with Crippen LogP contribution in [0.3, 0.4) is 0 Å². The van der Waals surface area contributed by atoms with Crippen molar-refractivity contribution in [3.05, 3.63) is 23.9 Å². The molecule has 0 aliphatic carbocycles. The quantitative estimate of drug-likeness (QED) is 0.345. The highest BCUT2D eigenvalue weighted by atomic mass is 16.5. The Hall–Kier alpha value is -1.82. The largest absolute Gasteiger partial charge is 0.478 e. The Balaban J connectivity index is 2.36. The second kappa shape index (κ2) is 13.5. The molecule has 0 aliphatic heterocycles. The third-order valence-corrected chi connectivity index (χ3v) is 3.22. The second-order valence-electron chi connectivity index (χ2n) is 6.30. The monoisotopic (exact) mass is 350 g/mol. The molecule has 0 amide bonds. The second-order valence-corrected chi connectivity index (χ2v) is 6.30. The number of ether oxygens (including phenoxy) is 2. The summed E-state index contributed by atoms with van der Waals surface area (Å²) in [4.78, 5) is 8.90. The van der Waals surface area contributed by atoms with Crippen molar-refractivity contribution in [3.63, 3.8) is 0 Å². The molecule has 1 aromatic rings. The van der Waals surface area contributed by atoms with E-state index in [4.69, 9.17) is 9.47 Å². The molecule has 6 heteroatoms. The van der Waals surface area contributed by atoms with Crippen molar-refractivity contribution in [1.29, 1.82) is 0 Å². The molecule has 0 saturated carbocycles. The first kappa shape index (κ1) is 21.2. The summed E-state index contributed by atoms with van der Waals surface area (Å²) in [6.07, 6.45) is 3.76. The number of pyridine rings is 1. The molecule has 25 heavy (non-hydrogen) atoms. The Morgan fingerprint density at radius 3 is 2.68 bits per heavy atom. The number of hydrogen-bond acceptors (Lipinski definition) is 4. The Morgan fingerprint density at radius 2 is 2.04 bits per heavy atom. The molecule has 0 bridgehead atoms. The van der Waals surface area contributed by atoms with E-state index in [-0.39, 0.29) is 0 Å². The lowest BCUT2D eigenvalue weighted by atomic mass is 10.2. The summed E-state index contributed by atoms with van der Waals surface area (Å²) in [5.41, 5.74) is 1.06. The fraction of sp³-hybridized carbons (Fsp3) is 0.684. The van der Waals surface area contributed by atoms with E-state index in [2.05, 4.69) is 48.3 Å². The molecular formula is C19H34N4O2. The van der Waals surface area contributed by atoms with Crippen molar-refractivity contribution in [1.82, 2.24) is 15.6 Å². The average molecular weight is 351 g/mol. The molecule has 1 aromatic heterocycles. The molecule has 0 radical (unpaired) electrons. The summed E-state index contributed by atoms with van der Waals surface area (Å²) in [7, 11) is 0. The van der Waals surface area contributed by atoms with Gasteiger partial charge in [-0.15, -0.1) is 0 Å². The van der Waals surface area contributed by atoms with Crippen molar-refractivity contribution in [2.75, 3.05) is 32.9 Å². The van der Waals surface area contributed by atoms with E-state index in [0.717, 1.165) is 50.7 Å². The maximum atomic E-state index is 5.58. The average Bonchev–Trinajstić information content (AvgIpc) is 2.61. The lowest BCUT2D eigenvalue weighted by molar-refractivity contribution is 0.108. The van der Waals surface area contributed by atoms with Gasteiger partial charge in [-0.2, -0.15) is 0 Å². The smallest absolute Gasteiger partial charge is 0.213 e. The number of nitrogens with zero attached hydrogens (tertiary/aromatic N) is 2. The minimum absolute atomic E-state index is 0.583. The molecule has 0 atom stereocenters. The van der Waals surface area contributed by atoms with Crippen LogP contribution in [0.25, 0.3) is 0 Å². The highest BCUT2D eigenvalue weighted by Gasteiger charge is 2.00. The van der Waals surface area contributed by atoms with Crippen LogP contribution in [0, 0.1) is 5.92 Å². The fourth-order valence-electron chi connectivity index (χ4n) is 2.01. The molecule has 6 nitrogen and oxygen atoms in total. The van der Waals surface area contributed by atoms with E-state index in [1.54, 1.807) is 0 Å². The maximum Gasteiger partial charge on any atom is 0.213 e. The molecule has 1 heterocycles. The van der Waals surface area contributed by atoms with Crippen LogP contribution in [-0.2, 0) is 11.3 Å². The van der Waals surface area contributed by atoms with E-state index in [1.807, 2.05) is 18.3 Å². The van der Waals surface area contributed by atoms with Gasteiger partial charge >= 0.3 is 0 Å². The molecule has 0 unspecified atom stereocenters. The van der Waals surface area contributed by atoms with Gasteiger partial charge in [-0.25, -0.2) is 9.98 Å². The van der Waals surface area contributed by atoms with E-state index < -0.39 is 0 Å². The van der Waals surface area contributed by atoms with Gasteiger partial charge in [0.2, 0.25) is 5.88 Å². The minimum Gasteiger partial charge on any atom is -0.478 e. The summed E-state index contributed by atoms with van der Waals surface area (Å²) in [6, 6.07) is 3.90. The van der Waals surface area contributed by atoms with Crippen molar-refractivity contribution >= 4 is 5.96 Å². The third kappa shape index (κ3) is 10.6. The first-order valence-corrected chi connectivity index (χ1v) is 9.33. The van der Waals surface area contributed by atoms with Crippen molar-refractivity contribution in [3.8, 4) is 5.88 Å². The number of hydrogen-bond donors (Lipinski definition) is 2. The van der Waals surface area contributed by atoms with Crippen LogP contribution < -0.4 is 15.4 Å². The van der Waals surface area contributed by atoms with E-state index in [1.165, 1.54) is 0 Å². The molecule has 0 aliphatic rings. The van der Waals surface area contributed by atoms with Gasteiger partial charge in [-0.1, -0.05) is 26.8 Å². The van der Waals surface area contributed by atoms with Crippen LogP contribution in [-0.4, -0.2) is 43.9 Å². The van der Waals surface area contributed by atoms with Gasteiger partial charge in [0.15, 0.2) is 5.96 Å². The number of nitrogens with one attached hydrogen (secondary N) is 2. The summed E-state index contributed by atoms with van der Waals surface area (Å²) in [5, 5.41) is 6.59. The summed E-state index contributed by atoms with van der Waals surface area (Å²) >= 11 is 0. The van der Waals surface area contributed by atoms with Crippen LogP contribution >= 0.6 is 0 Å². The third-order valence-electron chi connectivity index (χ3n) is 3.22. The van der Waals surface area contributed by atoms with Gasteiger partial charge in [0.05, 0.1) is 13.2 Å². The van der Waals surface area contributed by atoms with Crippen LogP contribution in [0.15, 0.2) is 23.3 Å². The van der Waals surface area contributed by atoms with E-state index in [9.17, 15) is 0 Å².